The van der Waals surface area contributed by atoms with Gasteiger partial charge < -0.3 is 15.6 Å². The van der Waals surface area contributed by atoms with Gasteiger partial charge in [0.05, 0.1) is 7.11 Å². The van der Waals surface area contributed by atoms with Crippen molar-refractivity contribution in [3.05, 3.63) is 23.8 Å². The minimum atomic E-state index is 0.256. The predicted octanol–water partition coefficient (Wildman–Crippen LogP) is 1.18. The van der Waals surface area contributed by atoms with Crippen LogP contribution in [0.25, 0.3) is 0 Å². The SMILES string of the molecule is COc1cccc(CN2CC[C@H](CN)C2)c1O. The summed E-state index contributed by atoms with van der Waals surface area (Å²) in [6.07, 6.45) is 1.15. The molecule has 0 spiro atoms. The number of methoxy groups -OCH3 is 1. The second-order valence-corrected chi connectivity index (χ2v) is 4.59. The third-order valence-electron chi connectivity index (χ3n) is 3.40. The average Bonchev–Trinajstić information content (AvgIpc) is 2.79. The molecule has 1 saturated heterocycles. The van der Waals surface area contributed by atoms with Crippen molar-refractivity contribution in [2.45, 2.75) is 13.0 Å². The first-order valence-corrected chi connectivity index (χ1v) is 6.02. The van der Waals surface area contributed by atoms with Crippen LogP contribution in [0.5, 0.6) is 11.5 Å². The summed E-state index contributed by atoms with van der Waals surface area (Å²) in [6, 6.07) is 5.61. The smallest absolute Gasteiger partial charge is 0.162 e. The summed E-state index contributed by atoms with van der Waals surface area (Å²) < 4.78 is 5.10. The molecule has 1 aromatic carbocycles. The maximum Gasteiger partial charge on any atom is 0.162 e. The van der Waals surface area contributed by atoms with Gasteiger partial charge in [-0.15, -0.1) is 0 Å². The third-order valence-corrected chi connectivity index (χ3v) is 3.40. The van der Waals surface area contributed by atoms with E-state index in [4.69, 9.17) is 10.5 Å². The van der Waals surface area contributed by atoms with Crippen molar-refractivity contribution in [3.8, 4) is 11.5 Å². The number of phenols is 1. The van der Waals surface area contributed by atoms with Gasteiger partial charge in [0.25, 0.3) is 0 Å². The van der Waals surface area contributed by atoms with E-state index in [1.807, 2.05) is 12.1 Å². The molecule has 1 aromatic rings. The number of aromatic hydroxyl groups is 1. The summed E-state index contributed by atoms with van der Waals surface area (Å²) in [5.41, 5.74) is 6.59. The van der Waals surface area contributed by atoms with Crippen molar-refractivity contribution in [1.29, 1.82) is 0 Å². The van der Waals surface area contributed by atoms with Crippen molar-refractivity contribution < 1.29 is 9.84 Å². The lowest BCUT2D eigenvalue weighted by Crippen LogP contribution is -2.22. The standard InChI is InChI=1S/C13H20N2O2/c1-17-12-4-2-3-11(13(12)16)9-15-6-5-10(7-14)8-15/h2-4,10,16H,5-9,14H2,1H3/t10-/m1/s1. The predicted molar refractivity (Wildman–Crippen MR) is 67.1 cm³/mol. The molecule has 0 radical (unpaired) electrons. The van der Waals surface area contributed by atoms with Crippen molar-refractivity contribution in [1.82, 2.24) is 4.90 Å². The van der Waals surface area contributed by atoms with Gasteiger partial charge in [0, 0.05) is 18.7 Å². The first-order valence-electron chi connectivity index (χ1n) is 6.02. The Bertz CT molecular complexity index is 382. The number of para-hydroxylation sites is 1. The van der Waals surface area contributed by atoms with Gasteiger partial charge in [-0.1, -0.05) is 12.1 Å². The Balaban J connectivity index is 2.04. The molecule has 1 aliphatic heterocycles. The quantitative estimate of drug-likeness (QED) is 0.824. The van der Waals surface area contributed by atoms with Gasteiger partial charge in [-0.05, 0) is 31.5 Å². The minimum Gasteiger partial charge on any atom is -0.504 e. The van der Waals surface area contributed by atoms with E-state index in [0.29, 0.717) is 11.7 Å². The molecule has 4 nitrogen and oxygen atoms in total. The van der Waals surface area contributed by atoms with Crippen molar-refractivity contribution in [3.63, 3.8) is 0 Å². The fourth-order valence-corrected chi connectivity index (χ4v) is 2.35. The molecule has 4 heteroatoms. The average molecular weight is 236 g/mol. The molecule has 1 heterocycles. The third kappa shape index (κ3) is 2.70. The number of nitrogens with two attached hydrogens (primary N) is 1. The summed E-state index contributed by atoms with van der Waals surface area (Å²) in [4.78, 5) is 2.33. The zero-order valence-electron chi connectivity index (χ0n) is 10.2. The molecule has 0 saturated carbocycles. The summed E-state index contributed by atoms with van der Waals surface area (Å²) in [5, 5.41) is 10.00. The van der Waals surface area contributed by atoms with Crippen molar-refractivity contribution in [2.75, 3.05) is 26.7 Å². The number of likely N-dealkylation sites (tertiary alicyclic amines) is 1. The van der Waals surface area contributed by atoms with Crippen LogP contribution < -0.4 is 10.5 Å². The van der Waals surface area contributed by atoms with E-state index in [1.54, 1.807) is 13.2 Å². The van der Waals surface area contributed by atoms with E-state index < -0.39 is 0 Å². The van der Waals surface area contributed by atoms with Crippen molar-refractivity contribution in [2.24, 2.45) is 11.7 Å². The molecule has 1 aliphatic rings. The van der Waals surface area contributed by atoms with Crippen LogP contribution in [0.1, 0.15) is 12.0 Å². The molecular weight excluding hydrogens is 216 g/mol. The molecule has 3 N–H and O–H groups in total. The molecular formula is C13H20N2O2. The van der Waals surface area contributed by atoms with E-state index in [0.717, 1.165) is 38.2 Å². The lowest BCUT2D eigenvalue weighted by Gasteiger charge is -2.17. The molecule has 0 unspecified atom stereocenters. The van der Waals surface area contributed by atoms with E-state index in [1.165, 1.54) is 0 Å². The highest BCUT2D eigenvalue weighted by Crippen LogP contribution is 2.31. The lowest BCUT2D eigenvalue weighted by molar-refractivity contribution is 0.307. The van der Waals surface area contributed by atoms with Gasteiger partial charge in [-0.3, -0.25) is 4.90 Å². The fourth-order valence-electron chi connectivity index (χ4n) is 2.35. The van der Waals surface area contributed by atoms with Gasteiger partial charge in [-0.25, -0.2) is 0 Å². The van der Waals surface area contributed by atoms with Crippen LogP contribution in [0.15, 0.2) is 18.2 Å². The zero-order chi connectivity index (χ0) is 12.3. The fraction of sp³-hybridized carbons (Fsp3) is 0.538. The normalized spacial score (nSPS) is 20.7. The van der Waals surface area contributed by atoms with Gasteiger partial charge in [0.2, 0.25) is 0 Å². The van der Waals surface area contributed by atoms with E-state index >= 15 is 0 Å². The maximum atomic E-state index is 10.00. The first-order chi connectivity index (χ1) is 8.24. The maximum absolute atomic E-state index is 10.00. The van der Waals surface area contributed by atoms with Gasteiger partial charge in [0.1, 0.15) is 0 Å². The Labute approximate surface area is 102 Å². The van der Waals surface area contributed by atoms with E-state index in [-0.39, 0.29) is 5.75 Å². The van der Waals surface area contributed by atoms with Crippen LogP contribution in [0.2, 0.25) is 0 Å². The Morgan fingerprint density at radius 2 is 2.35 bits per heavy atom. The summed E-state index contributed by atoms with van der Waals surface area (Å²) >= 11 is 0. The zero-order valence-corrected chi connectivity index (χ0v) is 10.2. The summed E-state index contributed by atoms with van der Waals surface area (Å²) in [6.45, 7) is 3.59. The van der Waals surface area contributed by atoms with E-state index in [9.17, 15) is 5.11 Å². The first kappa shape index (κ1) is 12.2. The highest BCUT2D eigenvalue weighted by Gasteiger charge is 2.22. The summed E-state index contributed by atoms with van der Waals surface area (Å²) in [7, 11) is 1.57. The highest BCUT2D eigenvalue weighted by atomic mass is 16.5. The van der Waals surface area contributed by atoms with Gasteiger partial charge in [0.15, 0.2) is 11.5 Å². The summed E-state index contributed by atoms with van der Waals surface area (Å²) in [5.74, 6) is 1.39. The topological polar surface area (TPSA) is 58.7 Å². The van der Waals surface area contributed by atoms with Gasteiger partial charge >= 0.3 is 0 Å². The van der Waals surface area contributed by atoms with E-state index in [2.05, 4.69) is 4.90 Å². The molecule has 0 aliphatic carbocycles. The van der Waals surface area contributed by atoms with Gasteiger partial charge in [-0.2, -0.15) is 0 Å². The molecule has 17 heavy (non-hydrogen) atoms. The number of phenolic OH excluding ortho intramolecular Hbond substituents is 1. The molecule has 0 aromatic heterocycles. The molecule has 94 valence electrons. The Hall–Kier alpha value is -1.26. The van der Waals surface area contributed by atoms with Crippen LogP contribution in [0.3, 0.4) is 0 Å². The second kappa shape index (κ2) is 5.38. The molecule has 1 fully saturated rings. The number of ether oxygens (including phenoxy) is 1. The van der Waals surface area contributed by atoms with Crippen LogP contribution in [0.4, 0.5) is 0 Å². The van der Waals surface area contributed by atoms with Crippen molar-refractivity contribution >= 4 is 0 Å². The number of nitrogens with zero attached hydrogens (tertiary/aromatic N) is 1. The number of benzene rings is 1. The molecule has 1 atom stereocenters. The molecule has 2 rings (SSSR count). The number of rotatable bonds is 4. The highest BCUT2D eigenvalue weighted by molar-refractivity contribution is 5.45. The number of hydrogen-bond donors (Lipinski definition) is 2. The minimum absolute atomic E-state index is 0.256. The van der Waals surface area contributed by atoms with Crippen LogP contribution in [-0.2, 0) is 6.54 Å². The Morgan fingerprint density at radius 1 is 1.53 bits per heavy atom. The molecule has 0 bridgehead atoms. The molecule has 0 amide bonds. The largest absolute Gasteiger partial charge is 0.504 e. The van der Waals surface area contributed by atoms with Crippen LogP contribution >= 0.6 is 0 Å². The second-order valence-electron chi connectivity index (χ2n) is 4.59. The Morgan fingerprint density at radius 3 is 3.00 bits per heavy atom. The number of hydrogen-bond acceptors (Lipinski definition) is 4. The monoisotopic (exact) mass is 236 g/mol. The van der Waals surface area contributed by atoms with Crippen LogP contribution in [-0.4, -0.2) is 36.8 Å². The lowest BCUT2D eigenvalue weighted by atomic mass is 10.1. The van der Waals surface area contributed by atoms with Crippen LogP contribution in [0, 0.1) is 5.92 Å². The Kier molecular flexibility index (Phi) is 3.86.